The summed E-state index contributed by atoms with van der Waals surface area (Å²) in [4.78, 5) is 25.8. The summed E-state index contributed by atoms with van der Waals surface area (Å²) in [5.41, 5.74) is 2.22. The van der Waals surface area contributed by atoms with E-state index in [-0.39, 0.29) is 24.5 Å². The van der Waals surface area contributed by atoms with E-state index in [2.05, 4.69) is 20.8 Å². The molecule has 0 bridgehead atoms. The van der Waals surface area contributed by atoms with Gasteiger partial charge in [0.25, 0.3) is 5.91 Å². The lowest BCUT2D eigenvalue weighted by molar-refractivity contribution is -0.119. The van der Waals surface area contributed by atoms with Crippen LogP contribution in [0.2, 0.25) is 0 Å². The van der Waals surface area contributed by atoms with Crippen LogP contribution in [0.1, 0.15) is 36.2 Å². The Morgan fingerprint density at radius 1 is 1.12 bits per heavy atom. The van der Waals surface area contributed by atoms with Crippen LogP contribution in [0.5, 0.6) is 11.5 Å². The summed E-state index contributed by atoms with van der Waals surface area (Å²) >= 11 is 1.25. The highest BCUT2D eigenvalue weighted by atomic mass is 32.1. The van der Waals surface area contributed by atoms with E-state index in [0.717, 1.165) is 17.5 Å². The number of aryl methyl sites for hydroxylation is 1. The molecule has 3 aromatic rings. The van der Waals surface area contributed by atoms with Gasteiger partial charge in [-0.25, -0.2) is 0 Å². The van der Waals surface area contributed by atoms with E-state index in [4.69, 9.17) is 9.47 Å². The van der Waals surface area contributed by atoms with Gasteiger partial charge in [0.05, 0.1) is 0 Å². The van der Waals surface area contributed by atoms with Crippen molar-refractivity contribution in [1.29, 1.82) is 0 Å². The second kappa shape index (κ2) is 9.35. The summed E-state index contributed by atoms with van der Waals surface area (Å²) in [5, 5.41) is 15.0. The van der Waals surface area contributed by atoms with Crippen molar-refractivity contribution in [3.63, 3.8) is 0 Å². The van der Waals surface area contributed by atoms with Crippen molar-refractivity contribution in [2.75, 3.05) is 12.1 Å². The zero-order valence-corrected chi connectivity index (χ0v) is 18.9. The molecular weight excluding hydrogens is 428 g/mol. The molecule has 8 nitrogen and oxygen atoms in total. The summed E-state index contributed by atoms with van der Waals surface area (Å²) in [7, 11) is 0. The van der Waals surface area contributed by atoms with Crippen molar-refractivity contribution in [3.8, 4) is 22.1 Å². The summed E-state index contributed by atoms with van der Waals surface area (Å²) in [5.74, 6) is 0.673. The van der Waals surface area contributed by atoms with E-state index in [1.54, 1.807) is 12.1 Å². The lowest BCUT2D eigenvalue weighted by Crippen LogP contribution is -2.47. The quantitative estimate of drug-likeness (QED) is 0.561. The maximum atomic E-state index is 13.0. The van der Waals surface area contributed by atoms with Crippen LogP contribution in [0.15, 0.2) is 42.5 Å². The van der Waals surface area contributed by atoms with Gasteiger partial charge in [0, 0.05) is 11.1 Å². The first-order valence-electron chi connectivity index (χ1n) is 10.4. The monoisotopic (exact) mass is 452 g/mol. The number of aromatic nitrogens is 2. The third-order valence-corrected chi connectivity index (χ3v) is 6.33. The third kappa shape index (κ3) is 4.57. The molecule has 0 fully saturated rings. The molecule has 2 heterocycles. The molecule has 0 aliphatic carbocycles. The average Bonchev–Trinajstić information content (AvgIpc) is 3.45. The molecule has 1 aliphatic rings. The fourth-order valence-electron chi connectivity index (χ4n) is 3.35. The number of anilines is 1. The number of rotatable bonds is 7. The van der Waals surface area contributed by atoms with Gasteiger partial charge >= 0.3 is 0 Å². The second-order valence-electron chi connectivity index (χ2n) is 7.62. The van der Waals surface area contributed by atoms with Crippen LogP contribution in [0.25, 0.3) is 10.6 Å². The largest absolute Gasteiger partial charge is 0.454 e. The molecule has 1 aliphatic heterocycles. The Morgan fingerprint density at radius 2 is 1.91 bits per heavy atom. The number of amides is 2. The molecule has 2 N–H and O–H groups in total. The number of carbonyl (C=O) groups excluding carboxylic acids is 2. The predicted octanol–water partition coefficient (Wildman–Crippen LogP) is 4.03. The van der Waals surface area contributed by atoms with Crippen LogP contribution < -0.4 is 20.1 Å². The molecule has 4 rings (SSSR count). The Labute approximate surface area is 190 Å². The Bertz CT molecular complexity index is 1150. The topological polar surface area (TPSA) is 102 Å². The van der Waals surface area contributed by atoms with Gasteiger partial charge in [0.1, 0.15) is 11.0 Å². The predicted molar refractivity (Wildman–Crippen MR) is 122 cm³/mol. The van der Waals surface area contributed by atoms with Gasteiger partial charge in [0.2, 0.25) is 17.8 Å². The summed E-state index contributed by atoms with van der Waals surface area (Å²) in [6, 6.07) is 12.1. The third-order valence-electron chi connectivity index (χ3n) is 5.45. The number of hydrogen-bond donors (Lipinski definition) is 2. The molecule has 0 saturated carbocycles. The molecule has 2 unspecified atom stereocenters. The number of fused-ring (bicyclic) bond motifs is 1. The number of hydrogen-bond acceptors (Lipinski definition) is 7. The molecule has 9 heteroatoms. The molecule has 2 aromatic carbocycles. The fourth-order valence-corrected chi connectivity index (χ4v) is 4.09. The summed E-state index contributed by atoms with van der Waals surface area (Å²) in [6.45, 7) is 5.97. The van der Waals surface area contributed by atoms with E-state index >= 15 is 0 Å². The molecule has 2 atom stereocenters. The van der Waals surface area contributed by atoms with Gasteiger partial charge in [-0.15, -0.1) is 10.2 Å². The number of nitrogens with one attached hydrogen (secondary N) is 2. The van der Waals surface area contributed by atoms with Crippen molar-refractivity contribution in [3.05, 3.63) is 53.6 Å². The van der Waals surface area contributed by atoms with Crippen molar-refractivity contribution < 1.29 is 19.1 Å². The Morgan fingerprint density at radius 3 is 2.69 bits per heavy atom. The first-order valence-corrected chi connectivity index (χ1v) is 11.2. The molecular formula is C23H24N4O4S. The zero-order valence-electron chi connectivity index (χ0n) is 18.0. The standard InChI is InChI=1S/C23H24N4O4S/c1-4-13(2)19(24-20(28)16-8-6-5-7-14(16)3)21(29)25-23-27-26-22(32-23)15-9-10-17-18(11-15)31-12-30-17/h5-11,13,19H,4,12H2,1-3H3,(H,24,28)(H,25,27,29). The van der Waals surface area contributed by atoms with Crippen molar-refractivity contribution in [1.82, 2.24) is 15.5 Å². The minimum absolute atomic E-state index is 0.0655. The number of ether oxygens (including phenoxy) is 2. The normalized spacial score (nSPS) is 14.0. The minimum Gasteiger partial charge on any atom is -0.454 e. The van der Waals surface area contributed by atoms with E-state index in [1.807, 2.05) is 51.1 Å². The smallest absolute Gasteiger partial charge is 0.252 e. The van der Waals surface area contributed by atoms with Gasteiger partial charge in [-0.05, 0) is 42.7 Å². The molecule has 32 heavy (non-hydrogen) atoms. The van der Waals surface area contributed by atoms with Crippen molar-refractivity contribution in [2.24, 2.45) is 5.92 Å². The number of benzene rings is 2. The van der Waals surface area contributed by atoms with Gasteiger partial charge in [-0.2, -0.15) is 0 Å². The Hall–Kier alpha value is -3.46. The van der Waals surface area contributed by atoms with Crippen LogP contribution in [-0.2, 0) is 4.79 Å². The maximum Gasteiger partial charge on any atom is 0.252 e. The molecule has 0 radical (unpaired) electrons. The number of nitrogens with zero attached hydrogens (tertiary/aromatic N) is 2. The lowest BCUT2D eigenvalue weighted by atomic mass is 9.97. The Balaban J connectivity index is 1.48. The van der Waals surface area contributed by atoms with Gasteiger partial charge in [-0.1, -0.05) is 49.8 Å². The molecule has 0 saturated heterocycles. The highest BCUT2D eigenvalue weighted by Gasteiger charge is 2.28. The first kappa shape index (κ1) is 21.8. The van der Waals surface area contributed by atoms with Gasteiger partial charge in [-0.3, -0.25) is 14.9 Å². The fraction of sp³-hybridized carbons (Fsp3) is 0.304. The van der Waals surface area contributed by atoms with Crippen LogP contribution in [0, 0.1) is 12.8 Å². The molecule has 2 amide bonds. The van der Waals surface area contributed by atoms with Crippen LogP contribution >= 0.6 is 11.3 Å². The first-order chi connectivity index (χ1) is 15.5. The highest BCUT2D eigenvalue weighted by Crippen LogP contribution is 2.37. The second-order valence-corrected chi connectivity index (χ2v) is 8.60. The van der Waals surface area contributed by atoms with Crippen molar-refractivity contribution in [2.45, 2.75) is 33.2 Å². The van der Waals surface area contributed by atoms with Crippen LogP contribution in [0.3, 0.4) is 0 Å². The van der Waals surface area contributed by atoms with Gasteiger partial charge in [0.15, 0.2) is 11.5 Å². The molecule has 0 spiro atoms. The SMILES string of the molecule is CCC(C)C(NC(=O)c1ccccc1C)C(=O)Nc1nnc(-c2ccc3c(c2)OCO3)s1. The summed E-state index contributed by atoms with van der Waals surface area (Å²) < 4.78 is 10.7. The van der Waals surface area contributed by atoms with Crippen molar-refractivity contribution >= 4 is 28.3 Å². The molecule has 166 valence electrons. The van der Waals surface area contributed by atoms with E-state index in [0.29, 0.717) is 27.2 Å². The van der Waals surface area contributed by atoms with E-state index in [1.165, 1.54) is 11.3 Å². The maximum absolute atomic E-state index is 13.0. The highest BCUT2D eigenvalue weighted by molar-refractivity contribution is 7.18. The van der Waals surface area contributed by atoms with Gasteiger partial charge < -0.3 is 14.8 Å². The Kier molecular flexibility index (Phi) is 6.36. The average molecular weight is 453 g/mol. The molecule has 1 aromatic heterocycles. The number of carbonyl (C=O) groups is 2. The lowest BCUT2D eigenvalue weighted by Gasteiger charge is -2.23. The van der Waals surface area contributed by atoms with E-state index in [9.17, 15) is 9.59 Å². The van der Waals surface area contributed by atoms with E-state index < -0.39 is 6.04 Å². The zero-order chi connectivity index (χ0) is 22.7. The minimum atomic E-state index is -0.704. The van der Waals surface area contributed by atoms with Crippen LogP contribution in [-0.4, -0.2) is 34.8 Å². The van der Waals surface area contributed by atoms with Crippen LogP contribution in [0.4, 0.5) is 5.13 Å². The summed E-state index contributed by atoms with van der Waals surface area (Å²) in [6.07, 6.45) is 0.727.